The number of anilines is 1. The third-order valence-electron chi connectivity index (χ3n) is 4.19. The predicted molar refractivity (Wildman–Crippen MR) is 92.1 cm³/mol. The molecule has 1 saturated heterocycles. The molecule has 2 unspecified atom stereocenters. The summed E-state index contributed by atoms with van der Waals surface area (Å²) in [5.74, 6) is 0.521. The second-order valence-electron chi connectivity index (χ2n) is 6.64. The Morgan fingerprint density at radius 3 is 2.84 bits per heavy atom. The van der Waals surface area contributed by atoms with Gasteiger partial charge >= 0.3 is 0 Å². The summed E-state index contributed by atoms with van der Waals surface area (Å²) >= 11 is 0. The molecule has 1 aromatic carbocycles. The van der Waals surface area contributed by atoms with Crippen LogP contribution in [0.15, 0.2) is 42.6 Å². The van der Waals surface area contributed by atoms with E-state index in [0.29, 0.717) is 23.6 Å². The van der Waals surface area contributed by atoms with Crippen LogP contribution < -0.4 is 25.6 Å². The Labute approximate surface area is 145 Å². The number of nitrogens with zero attached hydrogens (tertiary/aromatic N) is 1. The first-order valence-corrected chi connectivity index (χ1v) is 8.25. The second-order valence-corrected chi connectivity index (χ2v) is 6.64. The monoisotopic (exact) mass is 340 g/mol. The van der Waals surface area contributed by atoms with Gasteiger partial charge in [0.15, 0.2) is 11.5 Å². The van der Waals surface area contributed by atoms with Crippen LogP contribution in [0.4, 0.5) is 5.69 Å². The molecule has 2 aliphatic heterocycles. The largest absolute Gasteiger partial charge is 0.449 e. The first kappa shape index (κ1) is 15.9. The summed E-state index contributed by atoms with van der Waals surface area (Å²) in [4.78, 5) is 16.8. The number of aromatic nitrogens is 1. The van der Waals surface area contributed by atoms with E-state index in [-0.39, 0.29) is 18.0 Å². The number of nitrogens with one attached hydrogen (secondary N) is 3. The molecule has 1 amide bonds. The Kier molecular flexibility index (Phi) is 3.82. The van der Waals surface area contributed by atoms with Crippen LogP contribution in [0.2, 0.25) is 0 Å². The Morgan fingerprint density at radius 1 is 1.20 bits per heavy atom. The third kappa shape index (κ3) is 3.29. The van der Waals surface area contributed by atoms with Crippen molar-refractivity contribution >= 4 is 11.6 Å². The number of hydrazine groups is 1. The summed E-state index contributed by atoms with van der Waals surface area (Å²) in [7, 11) is 0. The predicted octanol–water partition coefficient (Wildman–Crippen LogP) is 2.14. The molecule has 1 aromatic heterocycles. The Morgan fingerprint density at radius 2 is 2.04 bits per heavy atom. The number of carbonyl (C=O) groups excluding carboxylic acids is 1. The number of hydrogen-bond donors (Lipinski definition) is 3. The fourth-order valence-electron chi connectivity index (χ4n) is 3.03. The van der Waals surface area contributed by atoms with Crippen LogP contribution in [-0.4, -0.2) is 22.7 Å². The molecular weight excluding hydrogens is 320 g/mol. The number of benzene rings is 1. The van der Waals surface area contributed by atoms with Crippen molar-refractivity contribution < 1.29 is 14.3 Å². The van der Waals surface area contributed by atoms with Crippen molar-refractivity contribution in [2.24, 2.45) is 0 Å². The van der Waals surface area contributed by atoms with E-state index < -0.39 is 5.79 Å². The van der Waals surface area contributed by atoms with Crippen LogP contribution >= 0.6 is 0 Å². The minimum absolute atomic E-state index is 0.00880. The van der Waals surface area contributed by atoms with Crippen LogP contribution in [0.3, 0.4) is 0 Å². The Balaban J connectivity index is 1.40. The maximum atomic E-state index is 12.5. The molecule has 3 N–H and O–H groups in total. The first-order valence-electron chi connectivity index (χ1n) is 8.25. The number of ether oxygens (including phenoxy) is 2. The summed E-state index contributed by atoms with van der Waals surface area (Å²) in [5.41, 5.74) is 7.74. The smallest absolute Gasteiger partial charge is 0.246 e. The molecule has 0 spiro atoms. The molecule has 0 aliphatic carbocycles. The molecule has 0 saturated carbocycles. The standard InChI is InChI=1S/C18H20N4O3/c1-18(2)24-15-7-6-11(9-16(15)25-18)20-17(23)14-10-13(21-22-14)12-5-3-4-8-19-12/h3-9,13-14,21-22H,10H2,1-2H3,(H,20,23). The molecule has 130 valence electrons. The van der Waals surface area contributed by atoms with Gasteiger partial charge < -0.3 is 14.8 Å². The minimum atomic E-state index is -0.683. The summed E-state index contributed by atoms with van der Waals surface area (Å²) in [5, 5.41) is 2.92. The van der Waals surface area contributed by atoms with Crippen LogP contribution in [0, 0.1) is 0 Å². The highest BCUT2D eigenvalue weighted by molar-refractivity contribution is 5.95. The third-order valence-corrected chi connectivity index (χ3v) is 4.19. The van der Waals surface area contributed by atoms with Crippen molar-refractivity contribution in [1.29, 1.82) is 0 Å². The van der Waals surface area contributed by atoms with Gasteiger partial charge in [-0.2, -0.15) is 0 Å². The average molecular weight is 340 g/mol. The van der Waals surface area contributed by atoms with Gasteiger partial charge in [0.05, 0.1) is 11.7 Å². The van der Waals surface area contributed by atoms with E-state index in [4.69, 9.17) is 9.47 Å². The maximum Gasteiger partial charge on any atom is 0.246 e. The number of hydrogen-bond acceptors (Lipinski definition) is 6. The van der Waals surface area contributed by atoms with Gasteiger partial charge in [-0.25, -0.2) is 10.9 Å². The van der Waals surface area contributed by atoms with E-state index in [1.54, 1.807) is 24.4 Å². The molecular formula is C18H20N4O3. The van der Waals surface area contributed by atoms with E-state index in [1.165, 1.54) is 0 Å². The van der Waals surface area contributed by atoms with Gasteiger partial charge in [0, 0.05) is 31.8 Å². The average Bonchev–Trinajstić information content (AvgIpc) is 3.18. The van der Waals surface area contributed by atoms with Gasteiger partial charge in [0.1, 0.15) is 6.04 Å². The SMILES string of the molecule is CC1(C)Oc2ccc(NC(=O)C3CC(c4ccccn4)NN3)cc2O1. The summed E-state index contributed by atoms with van der Waals surface area (Å²) in [6.07, 6.45) is 2.37. The zero-order valence-corrected chi connectivity index (χ0v) is 14.1. The Hall–Kier alpha value is -2.64. The van der Waals surface area contributed by atoms with Crippen molar-refractivity contribution in [3.63, 3.8) is 0 Å². The van der Waals surface area contributed by atoms with E-state index >= 15 is 0 Å². The van der Waals surface area contributed by atoms with E-state index in [9.17, 15) is 4.79 Å². The summed E-state index contributed by atoms with van der Waals surface area (Å²) < 4.78 is 11.4. The van der Waals surface area contributed by atoms with Crippen LogP contribution in [-0.2, 0) is 4.79 Å². The van der Waals surface area contributed by atoms with Gasteiger partial charge in [-0.1, -0.05) is 6.07 Å². The molecule has 4 rings (SSSR count). The lowest BCUT2D eigenvalue weighted by Gasteiger charge is -2.16. The van der Waals surface area contributed by atoms with Gasteiger partial charge in [0.25, 0.3) is 0 Å². The number of fused-ring (bicyclic) bond motifs is 1. The molecule has 2 aliphatic rings. The first-order chi connectivity index (χ1) is 12.0. The number of amides is 1. The van der Waals surface area contributed by atoms with Crippen molar-refractivity contribution in [3.05, 3.63) is 48.3 Å². The Bertz CT molecular complexity index is 794. The lowest BCUT2D eigenvalue weighted by molar-refractivity contribution is -0.117. The second kappa shape index (κ2) is 6.02. The van der Waals surface area contributed by atoms with Crippen molar-refractivity contribution in [3.8, 4) is 11.5 Å². The van der Waals surface area contributed by atoms with Gasteiger partial charge in [-0.15, -0.1) is 0 Å². The normalized spacial score (nSPS) is 23.4. The highest BCUT2D eigenvalue weighted by Crippen LogP contribution is 2.40. The summed E-state index contributed by atoms with van der Waals surface area (Å²) in [6, 6.07) is 10.8. The number of carbonyl (C=O) groups is 1. The lowest BCUT2D eigenvalue weighted by Crippen LogP contribution is -2.39. The fourth-order valence-corrected chi connectivity index (χ4v) is 3.03. The number of pyridine rings is 1. The molecule has 2 atom stereocenters. The van der Waals surface area contributed by atoms with Crippen LogP contribution in [0.5, 0.6) is 11.5 Å². The van der Waals surface area contributed by atoms with Crippen molar-refractivity contribution in [2.45, 2.75) is 38.1 Å². The van der Waals surface area contributed by atoms with Gasteiger partial charge in [-0.3, -0.25) is 9.78 Å². The summed E-state index contributed by atoms with van der Waals surface area (Å²) in [6.45, 7) is 3.69. The van der Waals surface area contributed by atoms with E-state index in [2.05, 4.69) is 21.2 Å². The fraction of sp³-hybridized carbons (Fsp3) is 0.333. The maximum absolute atomic E-state index is 12.5. The molecule has 3 heterocycles. The van der Waals surface area contributed by atoms with Gasteiger partial charge in [-0.05, 0) is 30.7 Å². The van der Waals surface area contributed by atoms with Crippen LogP contribution in [0.25, 0.3) is 0 Å². The zero-order chi connectivity index (χ0) is 17.4. The van der Waals surface area contributed by atoms with Crippen molar-refractivity contribution in [2.75, 3.05) is 5.32 Å². The highest BCUT2D eigenvalue weighted by Gasteiger charge is 2.33. The molecule has 0 bridgehead atoms. The van der Waals surface area contributed by atoms with E-state index in [0.717, 1.165) is 5.69 Å². The molecule has 1 fully saturated rings. The number of rotatable bonds is 3. The molecule has 25 heavy (non-hydrogen) atoms. The topological polar surface area (TPSA) is 84.5 Å². The zero-order valence-electron chi connectivity index (χ0n) is 14.1. The highest BCUT2D eigenvalue weighted by atomic mass is 16.7. The van der Waals surface area contributed by atoms with E-state index in [1.807, 2.05) is 32.0 Å². The molecule has 2 aromatic rings. The van der Waals surface area contributed by atoms with Gasteiger partial charge in [0.2, 0.25) is 11.7 Å². The quantitative estimate of drug-likeness (QED) is 0.794. The molecule has 0 radical (unpaired) electrons. The molecule has 7 nitrogen and oxygen atoms in total. The lowest BCUT2D eigenvalue weighted by atomic mass is 10.1. The minimum Gasteiger partial charge on any atom is -0.449 e. The van der Waals surface area contributed by atoms with Crippen LogP contribution in [0.1, 0.15) is 32.0 Å². The molecule has 7 heteroatoms. The van der Waals surface area contributed by atoms with Crippen molar-refractivity contribution in [1.82, 2.24) is 15.8 Å².